The molecule has 0 aromatic rings. The van der Waals surface area contributed by atoms with Gasteiger partial charge < -0.3 is 14.2 Å². The highest BCUT2D eigenvalue weighted by Crippen LogP contribution is 2.24. The van der Waals surface area contributed by atoms with Gasteiger partial charge in [-0.1, -0.05) is 55.4 Å². The van der Waals surface area contributed by atoms with Crippen molar-refractivity contribution in [3.8, 4) is 0 Å². The summed E-state index contributed by atoms with van der Waals surface area (Å²) in [6, 6.07) is 0. The van der Waals surface area contributed by atoms with Gasteiger partial charge in [-0.05, 0) is 35.5 Å². The zero-order chi connectivity index (χ0) is 19.7. The average Bonchev–Trinajstić information content (AvgIpc) is 2.39. The summed E-state index contributed by atoms with van der Waals surface area (Å²) in [7, 11) is 0. The fourth-order valence-electron chi connectivity index (χ4n) is 2.98. The molecule has 0 amide bonds. The maximum absolute atomic E-state index is 11.6. The lowest BCUT2D eigenvalue weighted by atomic mass is 9.86. The van der Waals surface area contributed by atoms with E-state index in [9.17, 15) is 9.59 Å². The second kappa shape index (κ2) is 10.8. The van der Waals surface area contributed by atoms with Crippen LogP contribution in [0.2, 0.25) is 0 Å². The van der Waals surface area contributed by atoms with E-state index in [1.807, 2.05) is 0 Å². The Kier molecular flexibility index (Phi) is 10.3. The minimum Gasteiger partial charge on any atom is -0.464 e. The number of hydrogen-bond acceptors (Lipinski definition) is 5. The molecule has 0 spiro atoms. The van der Waals surface area contributed by atoms with E-state index >= 15 is 0 Å². The molecule has 0 aliphatic rings. The van der Waals surface area contributed by atoms with Crippen molar-refractivity contribution in [3.05, 3.63) is 0 Å². The van der Waals surface area contributed by atoms with E-state index in [1.54, 1.807) is 0 Å². The van der Waals surface area contributed by atoms with Crippen LogP contribution < -0.4 is 0 Å². The van der Waals surface area contributed by atoms with Gasteiger partial charge in [0, 0.05) is 0 Å². The maximum atomic E-state index is 11.6. The van der Waals surface area contributed by atoms with Crippen molar-refractivity contribution >= 4 is 11.9 Å². The van der Waals surface area contributed by atoms with Crippen LogP contribution in [0.4, 0.5) is 0 Å². The summed E-state index contributed by atoms with van der Waals surface area (Å²) in [4.78, 5) is 23.2. The van der Waals surface area contributed by atoms with Gasteiger partial charge in [0.25, 0.3) is 0 Å². The molecular formula is C20H38O5. The van der Waals surface area contributed by atoms with Crippen molar-refractivity contribution in [2.75, 3.05) is 26.4 Å². The molecule has 0 aromatic heterocycles. The summed E-state index contributed by atoms with van der Waals surface area (Å²) in [5, 5.41) is 0. The largest absolute Gasteiger partial charge is 0.464 e. The first-order valence-electron chi connectivity index (χ1n) is 9.17. The molecular weight excluding hydrogens is 320 g/mol. The third-order valence-corrected chi connectivity index (χ3v) is 3.42. The Labute approximate surface area is 153 Å². The van der Waals surface area contributed by atoms with Gasteiger partial charge in [-0.15, -0.1) is 0 Å². The number of rotatable bonds is 10. The second-order valence-electron chi connectivity index (χ2n) is 9.60. The molecule has 0 rings (SSSR count). The van der Waals surface area contributed by atoms with E-state index in [0.29, 0.717) is 25.0 Å². The van der Waals surface area contributed by atoms with Crippen LogP contribution in [-0.2, 0) is 23.8 Å². The fraction of sp³-hybridized carbons (Fsp3) is 0.900. The lowest BCUT2D eigenvalue weighted by molar-refractivity contribution is -0.157. The van der Waals surface area contributed by atoms with Crippen LogP contribution in [0.5, 0.6) is 0 Å². The molecule has 0 bridgehead atoms. The number of ether oxygens (including phenoxy) is 3. The molecule has 2 unspecified atom stereocenters. The van der Waals surface area contributed by atoms with E-state index in [2.05, 4.69) is 55.4 Å². The molecule has 25 heavy (non-hydrogen) atoms. The SMILES string of the molecule is CC(COC(=O)COCC(=O)OCC(C)CC(C)(C)C)CC(C)(C)C. The second-order valence-corrected chi connectivity index (χ2v) is 9.60. The van der Waals surface area contributed by atoms with Crippen LogP contribution >= 0.6 is 0 Å². The molecule has 0 saturated carbocycles. The van der Waals surface area contributed by atoms with Crippen molar-refractivity contribution < 1.29 is 23.8 Å². The van der Waals surface area contributed by atoms with Crippen LogP contribution in [0, 0.1) is 22.7 Å². The highest BCUT2D eigenvalue weighted by atomic mass is 16.6. The number of esters is 2. The van der Waals surface area contributed by atoms with Crippen molar-refractivity contribution in [3.63, 3.8) is 0 Å². The molecule has 5 heteroatoms. The molecule has 0 N–H and O–H groups in total. The summed E-state index contributed by atoms with van der Waals surface area (Å²) in [5.74, 6) is -0.319. The van der Waals surface area contributed by atoms with Crippen molar-refractivity contribution in [2.45, 2.75) is 68.2 Å². The maximum Gasteiger partial charge on any atom is 0.332 e. The lowest BCUT2D eigenvalue weighted by Crippen LogP contribution is -2.23. The standard InChI is InChI=1S/C20H38O5/c1-15(9-19(3,4)5)11-24-17(21)13-23-14-18(22)25-12-16(2)10-20(6,7)8/h15-16H,9-14H2,1-8H3. The fourth-order valence-corrected chi connectivity index (χ4v) is 2.98. The van der Waals surface area contributed by atoms with Crippen molar-refractivity contribution in [1.82, 2.24) is 0 Å². The van der Waals surface area contributed by atoms with Gasteiger partial charge in [-0.2, -0.15) is 0 Å². The smallest absolute Gasteiger partial charge is 0.332 e. The minimum absolute atomic E-state index is 0.205. The first-order valence-corrected chi connectivity index (χ1v) is 9.17. The van der Waals surface area contributed by atoms with Gasteiger partial charge in [-0.25, -0.2) is 9.59 Å². The van der Waals surface area contributed by atoms with Crippen molar-refractivity contribution in [1.29, 1.82) is 0 Å². The Hall–Kier alpha value is -1.10. The van der Waals surface area contributed by atoms with Crippen LogP contribution in [-0.4, -0.2) is 38.4 Å². The zero-order valence-corrected chi connectivity index (χ0v) is 17.4. The molecule has 0 saturated heterocycles. The van der Waals surface area contributed by atoms with Gasteiger partial charge in [0.1, 0.15) is 13.2 Å². The van der Waals surface area contributed by atoms with E-state index in [4.69, 9.17) is 14.2 Å². The highest BCUT2D eigenvalue weighted by molar-refractivity contribution is 5.73. The van der Waals surface area contributed by atoms with E-state index in [1.165, 1.54) is 0 Å². The summed E-state index contributed by atoms with van der Waals surface area (Å²) >= 11 is 0. The van der Waals surface area contributed by atoms with Gasteiger partial charge >= 0.3 is 11.9 Å². The topological polar surface area (TPSA) is 61.8 Å². The highest BCUT2D eigenvalue weighted by Gasteiger charge is 2.18. The summed E-state index contributed by atoms with van der Waals surface area (Å²) in [6.07, 6.45) is 1.94. The summed E-state index contributed by atoms with van der Waals surface area (Å²) in [6.45, 7) is 17.3. The first-order chi connectivity index (χ1) is 11.3. The number of carbonyl (C=O) groups is 2. The Balaban J connectivity index is 3.81. The monoisotopic (exact) mass is 358 g/mol. The van der Waals surface area contributed by atoms with Gasteiger partial charge in [0.2, 0.25) is 0 Å². The normalized spacial score (nSPS) is 14.7. The molecule has 0 aliphatic heterocycles. The third kappa shape index (κ3) is 16.1. The summed E-state index contributed by atoms with van der Waals surface area (Å²) < 4.78 is 15.4. The number of carbonyl (C=O) groups excluding carboxylic acids is 2. The minimum atomic E-state index is -0.449. The average molecular weight is 359 g/mol. The Morgan fingerprint density at radius 1 is 0.720 bits per heavy atom. The molecule has 0 aromatic carbocycles. The van der Waals surface area contributed by atoms with E-state index < -0.39 is 11.9 Å². The Bertz CT molecular complexity index is 365. The van der Waals surface area contributed by atoms with Crippen LogP contribution in [0.15, 0.2) is 0 Å². The van der Waals surface area contributed by atoms with Crippen LogP contribution in [0.25, 0.3) is 0 Å². The molecule has 5 nitrogen and oxygen atoms in total. The quantitative estimate of drug-likeness (QED) is 0.547. The lowest BCUT2D eigenvalue weighted by Gasteiger charge is -2.23. The predicted molar refractivity (Wildman–Crippen MR) is 99.2 cm³/mol. The third-order valence-electron chi connectivity index (χ3n) is 3.42. The summed E-state index contributed by atoms with van der Waals surface area (Å²) in [5.41, 5.74) is 0.409. The number of hydrogen-bond donors (Lipinski definition) is 0. The van der Waals surface area contributed by atoms with Gasteiger partial charge in [-0.3, -0.25) is 0 Å². The zero-order valence-electron chi connectivity index (χ0n) is 17.4. The van der Waals surface area contributed by atoms with E-state index in [0.717, 1.165) is 12.8 Å². The first kappa shape index (κ1) is 23.9. The van der Waals surface area contributed by atoms with Crippen LogP contribution in [0.1, 0.15) is 68.2 Å². The molecule has 0 radical (unpaired) electrons. The Morgan fingerprint density at radius 2 is 1.04 bits per heavy atom. The molecule has 2 atom stereocenters. The molecule has 0 heterocycles. The predicted octanol–water partition coefficient (Wildman–Crippen LogP) is 4.23. The van der Waals surface area contributed by atoms with Gasteiger partial charge in [0.15, 0.2) is 0 Å². The molecule has 0 fully saturated rings. The van der Waals surface area contributed by atoms with Crippen molar-refractivity contribution in [2.24, 2.45) is 22.7 Å². The molecule has 148 valence electrons. The van der Waals surface area contributed by atoms with Crippen LogP contribution in [0.3, 0.4) is 0 Å². The van der Waals surface area contributed by atoms with Gasteiger partial charge in [0.05, 0.1) is 13.2 Å². The Morgan fingerprint density at radius 3 is 1.32 bits per heavy atom. The van der Waals surface area contributed by atoms with E-state index in [-0.39, 0.29) is 24.0 Å². The molecule has 0 aliphatic carbocycles.